The Hall–Kier alpha value is -2.19. The lowest BCUT2D eigenvalue weighted by atomic mass is 10.2. The second-order valence-corrected chi connectivity index (χ2v) is 2.66. The Morgan fingerprint density at radius 2 is 2.06 bits per heavy atom. The molecule has 1 aromatic rings. The fraction of sp³-hybridized carbons (Fsp3) is 0.143. The summed E-state index contributed by atoms with van der Waals surface area (Å²) >= 11 is 0. The maximum Gasteiger partial charge on any atom is 0.420 e. The topological polar surface area (TPSA) is 93.3 Å². The maximum atomic E-state index is 12.2. The first-order chi connectivity index (χ1) is 7.23. The van der Waals surface area contributed by atoms with E-state index in [9.17, 15) is 28.1 Å². The van der Waals surface area contributed by atoms with E-state index in [1.165, 1.54) is 0 Å². The summed E-state index contributed by atoms with van der Waals surface area (Å²) in [6, 6.07) is 0.174. The number of hydrogen-bond acceptors (Lipinski definition) is 4. The van der Waals surface area contributed by atoms with E-state index >= 15 is 0 Å². The van der Waals surface area contributed by atoms with Gasteiger partial charge in [-0.3, -0.25) is 0 Å². The number of hydrogen-bond donors (Lipinski definition) is 1. The summed E-state index contributed by atoms with van der Waals surface area (Å²) < 4.78 is 36.5. The number of halogens is 3. The number of pyridine rings is 1. The van der Waals surface area contributed by atoms with Crippen LogP contribution < -0.4 is 0 Å². The number of nitro groups is 1. The molecule has 0 spiro atoms. The Morgan fingerprint density at radius 1 is 1.50 bits per heavy atom. The van der Waals surface area contributed by atoms with Crippen molar-refractivity contribution in [3.63, 3.8) is 0 Å². The van der Waals surface area contributed by atoms with Gasteiger partial charge in [-0.2, -0.15) is 13.2 Å². The van der Waals surface area contributed by atoms with Gasteiger partial charge < -0.3 is 15.2 Å². The Bertz CT molecular complexity index is 457. The van der Waals surface area contributed by atoms with Crippen LogP contribution in [-0.2, 0) is 6.18 Å². The lowest BCUT2D eigenvalue weighted by Gasteiger charge is -2.05. The third kappa shape index (κ3) is 2.24. The monoisotopic (exact) mass is 236 g/mol. The summed E-state index contributed by atoms with van der Waals surface area (Å²) in [6.07, 6.45) is -4.59. The number of alkyl halides is 3. The molecule has 6 nitrogen and oxygen atoms in total. The average Bonchev–Trinajstić information content (AvgIpc) is 2.15. The number of rotatable bonds is 2. The summed E-state index contributed by atoms with van der Waals surface area (Å²) in [5.74, 6) is -2.97. The van der Waals surface area contributed by atoms with Crippen molar-refractivity contribution in [2.24, 2.45) is 0 Å². The predicted octanol–water partition coefficient (Wildman–Crippen LogP) is 1.71. The summed E-state index contributed by atoms with van der Waals surface area (Å²) in [5.41, 5.74) is -2.45. The van der Waals surface area contributed by atoms with Crippen LogP contribution in [0.4, 0.5) is 19.0 Å². The lowest BCUT2D eigenvalue weighted by molar-refractivity contribution is -0.389. The van der Waals surface area contributed by atoms with Crippen LogP contribution in [0, 0.1) is 10.1 Å². The number of aromatic nitrogens is 1. The Morgan fingerprint density at radius 3 is 2.44 bits per heavy atom. The molecule has 0 amide bonds. The minimum atomic E-state index is -4.80. The van der Waals surface area contributed by atoms with Crippen molar-refractivity contribution in [1.82, 2.24) is 4.98 Å². The van der Waals surface area contributed by atoms with Gasteiger partial charge in [-0.15, -0.1) is 0 Å². The highest BCUT2D eigenvalue weighted by atomic mass is 19.4. The molecule has 0 saturated carbocycles. The van der Waals surface area contributed by atoms with Crippen molar-refractivity contribution in [1.29, 1.82) is 0 Å². The van der Waals surface area contributed by atoms with Gasteiger partial charge in [0.05, 0.1) is 0 Å². The van der Waals surface area contributed by atoms with Crippen molar-refractivity contribution in [2.75, 3.05) is 0 Å². The molecule has 0 aliphatic carbocycles. The zero-order valence-corrected chi connectivity index (χ0v) is 7.35. The van der Waals surface area contributed by atoms with Gasteiger partial charge in [0.15, 0.2) is 11.8 Å². The molecule has 0 atom stereocenters. The quantitative estimate of drug-likeness (QED) is 0.623. The van der Waals surface area contributed by atoms with E-state index in [0.717, 1.165) is 0 Å². The molecule has 0 fully saturated rings. The van der Waals surface area contributed by atoms with Crippen LogP contribution in [0.3, 0.4) is 0 Å². The van der Waals surface area contributed by atoms with E-state index in [-0.39, 0.29) is 12.3 Å². The highest BCUT2D eigenvalue weighted by Gasteiger charge is 2.35. The van der Waals surface area contributed by atoms with E-state index < -0.39 is 34.0 Å². The van der Waals surface area contributed by atoms with Crippen LogP contribution in [0.15, 0.2) is 12.3 Å². The van der Waals surface area contributed by atoms with E-state index in [4.69, 9.17) is 5.11 Å². The van der Waals surface area contributed by atoms with E-state index in [1.807, 2.05) is 0 Å². The van der Waals surface area contributed by atoms with Gasteiger partial charge in [-0.1, -0.05) is 0 Å². The smallest absolute Gasteiger partial charge is 0.420 e. The summed E-state index contributed by atoms with van der Waals surface area (Å²) in [6.45, 7) is 0. The third-order valence-electron chi connectivity index (χ3n) is 1.60. The van der Waals surface area contributed by atoms with Crippen molar-refractivity contribution in [2.45, 2.75) is 6.18 Å². The maximum absolute atomic E-state index is 12.2. The number of carbonyl (C=O) groups is 1. The molecule has 1 rings (SSSR count). The Kier molecular flexibility index (Phi) is 2.79. The van der Waals surface area contributed by atoms with Gasteiger partial charge in [0, 0.05) is 0 Å². The zero-order chi connectivity index (χ0) is 12.5. The van der Waals surface area contributed by atoms with Gasteiger partial charge in [0.25, 0.3) is 0 Å². The number of nitrogens with zero attached hydrogens (tertiary/aromatic N) is 2. The molecular weight excluding hydrogens is 233 g/mol. The zero-order valence-electron chi connectivity index (χ0n) is 7.35. The van der Waals surface area contributed by atoms with Crippen LogP contribution in [0.1, 0.15) is 15.9 Å². The average molecular weight is 236 g/mol. The Labute approximate surface area is 85.5 Å². The lowest BCUT2D eigenvalue weighted by Crippen LogP contribution is -2.11. The molecule has 1 N–H and O–H groups in total. The van der Waals surface area contributed by atoms with Gasteiger partial charge in [0.2, 0.25) is 0 Å². The predicted molar refractivity (Wildman–Crippen MR) is 42.9 cm³/mol. The molecule has 0 aliphatic rings. The highest BCUT2D eigenvalue weighted by Crippen LogP contribution is 2.31. The van der Waals surface area contributed by atoms with E-state index in [0.29, 0.717) is 0 Å². The van der Waals surface area contributed by atoms with Crippen molar-refractivity contribution < 1.29 is 28.0 Å². The molecular formula is C7H3F3N2O4. The molecule has 16 heavy (non-hydrogen) atoms. The normalized spacial score (nSPS) is 11.2. The minimum Gasteiger partial charge on any atom is -0.477 e. The second-order valence-electron chi connectivity index (χ2n) is 2.66. The van der Waals surface area contributed by atoms with Gasteiger partial charge in [-0.05, 0) is 16.0 Å². The minimum absolute atomic E-state index is 0.174. The first-order valence-electron chi connectivity index (χ1n) is 3.68. The van der Waals surface area contributed by atoms with Crippen molar-refractivity contribution in [3.8, 4) is 0 Å². The molecule has 0 unspecified atom stereocenters. The highest BCUT2D eigenvalue weighted by molar-refractivity contribution is 5.91. The summed E-state index contributed by atoms with van der Waals surface area (Å²) in [7, 11) is 0. The van der Waals surface area contributed by atoms with Crippen LogP contribution in [0.2, 0.25) is 0 Å². The van der Waals surface area contributed by atoms with Crippen LogP contribution >= 0.6 is 0 Å². The van der Waals surface area contributed by atoms with Gasteiger partial charge in [-0.25, -0.2) is 4.79 Å². The molecule has 9 heteroatoms. The van der Waals surface area contributed by atoms with E-state index in [2.05, 4.69) is 4.98 Å². The fourth-order valence-corrected chi connectivity index (χ4v) is 0.915. The summed E-state index contributed by atoms with van der Waals surface area (Å²) in [5, 5.41) is 18.8. The van der Waals surface area contributed by atoms with Crippen molar-refractivity contribution in [3.05, 3.63) is 33.5 Å². The number of aromatic carboxylic acids is 1. The number of carboxylic acids is 1. The fourth-order valence-electron chi connectivity index (χ4n) is 0.915. The molecule has 0 bridgehead atoms. The molecule has 1 aromatic heterocycles. The first-order valence-corrected chi connectivity index (χ1v) is 3.68. The standard InChI is InChI=1S/C7H3F3N2O4/c8-7(9,10)3-1-4(6(13)14)5(11-2-3)12(15)16/h1-2H,(H,13,14). The summed E-state index contributed by atoms with van der Waals surface area (Å²) in [4.78, 5) is 22.5. The SMILES string of the molecule is O=C(O)c1cc(C(F)(F)F)cnc1[N+](=O)[O-]. The van der Waals surface area contributed by atoms with Gasteiger partial charge in [0.1, 0.15) is 5.56 Å². The third-order valence-corrected chi connectivity index (χ3v) is 1.60. The van der Waals surface area contributed by atoms with Crippen LogP contribution in [-0.4, -0.2) is 21.0 Å². The van der Waals surface area contributed by atoms with Crippen molar-refractivity contribution >= 4 is 11.8 Å². The molecule has 1 heterocycles. The van der Waals surface area contributed by atoms with Crippen LogP contribution in [0.25, 0.3) is 0 Å². The number of carboxylic acid groups (broad SMARTS) is 1. The van der Waals surface area contributed by atoms with E-state index in [1.54, 1.807) is 0 Å². The molecule has 0 aliphatic heterocycles. The Balaban J connectivity index is 3.40. The molecule has 0 saturated heterocycles. The first kappa shape index (κ1) is 11.9. The molecule has 0 radical (unpaired) electrons. The van der Waals surface area contributed by atoms with Crippen LogP contribution in [0.5, 0.6) is 0 Å². The largest absolute Gasteiger partial charge is 0.477 e. The van der Waals surface area contributed by atoms with Gasteiger partial charge >= 0.3 is 18.0 Å². The molecule has 86 valence electrons. The molecule has 0 aromatic carbocycles. The second kappa shape index (κ2) is 3.76.